The lowest BCUT2D eigenvalue weighted by molar-refractivity contribution is 0.415. The van der Waals surface area contributed by atoms with E-state index in [2.05, 4.69) is 20.4 Å². The minimum absolute atomic E-state index is 0.306. The van der Waals surface area contributed by atoms with Crippen molar-refractivity contribution in [2.75, 3.05) is 12.4 Å². The number of benzene rings is 1. The molecule has 0 atom stereocenters. The average molecular weight is 260 g/mol. The third-order valence-corrected chi connectivity index (χ3v) is 2.38. The highest BCUT2D eigenvalue weighted by atomic mass is 16.5. The van der Waals surface area contributed by atoms with Crippen molar-refractivity contribution in [1.82, 2.24) is 14.8 Å². The Labute approximate surface area is 111 Å². The van der Waals surface area contributed by atoms with Crippen molar-refractivity contribution in [1.29, 1.82) is 0 Å². The Morgan fingerprint density at radius 3 is 3.05 bits per heavy atom. The SMILES string of the molecule is COc1cccc(NC(N)=NCc2ncn(C)n2)c1. The lowest BCUT2D eigenvalue weighted by Crippen LogP contribution is -2.22. The number of nitrogens with zero attached hydrogens (tertiary/aromatic N) is 4. The molecule has 0 unspecified atom stereocenters. The number of hydrogen-bond donors (Lipinski definition) is 2. The first-order chi connectivity index (χ1) is 9.17. The molecule has 2 aromatic rings. The van der Waals surface area contributed by atoms with Gasteiger partial charge in [-0.15, -0.1) is 0 Å². The van der Waals surface area contributed by atoms with Crippen LogP contribution in [0.5, 0.6) is 5.75 Å². The van der Waals surface area contributed by atoms with Crippen LogP contribution in [0.3, 0.4) is 0 Å². The predicted molar refractivity (Wildman–Crippen MR) is 72.9 cm³/mol. The van der Waals surface area contributed by atoms with E-state index in [1.165, 1.54) is 0 Å². The van der Waals surface area contributed by atoms with Crippen LogP contribution in [0.4, 0.5) is 5.69 Å². The molecule has 19 heavy (non-hydrogen) atoms. The zero-order valence-electron chi connectivity index (χ0n) is 10.9. The smallest absolute Gasteiger partial charge is 0.193 e. The van der Waals surface area contributed by atoms with Crippen molar-refractivity contribution < 1.29 is 4.74 Å². The topological polar surface area (TPSA) is 90.4 Å². The highest BCUT2D eigenvalue weighted by Gasteiger charge is 1.99. The van der Waals surface area contributed by atoms with E-state index in [1.54, 1.807) is 25.2 Å². The Morgan fingerprint density at radius 2 is 2.37 bits per heavy atom. The summed E-state index contributed by atoms with van der Waals surface area (Å²) in [4.78, 5) is 8.23. The summed E-state index contributed by atoms with van der Waals surface area (Å²) in [5.41, 5.74) is 6.60. The van der Waals surface area contributed by atoms with Gasteiger partial charge in [-0.1, -0.05) is 6.07 Å². The summed E-state index contributed by atoms with van der Waals surface area (Å²) in [6, 6.07) is 7.44. The van der Waals surface area contributed by atoms with E-state index in [0.29, 0.717) is 18.3 Å². The van der Waals surface area contributed by atoms with Gasteiger partial charge in [0.1, 0.15) is 18.6 Å². The largest absolute Gasteiger partial charge is 0.497 e. The fourth-order valence-corrected chi connectivity index (χ4v) is 1.50. The lowest BCUT2D eigenvalue weighted by atomic mass is 10.3. The summed E-state index contributed by atoms with van der Waals surface area (Å²) < 4.78 is 6.75. The van der Waals surface area contributed by atoms with E-state index in [0.717, 1.165) is 11.4 Å². The molecule has 1 aromatic heterocycles. The number of rotatable bonds is 4. The average Bonchev–Trinajstić information content (AvgIpc) is 2.82. The molecule has 7 nitrogen and oxygen atoms in total. The molecular weight excluding hydrogens is 244 g/mol. The number of methoxy groups -OCH3 is 1. The van der Waals surface area contributed by atoms with Gasteiger partial charge >= 0.3 is 0 Å². The molecule has 1 heterocycles. The predicted octanol–water partition coefficient (Wildman–Crippen LogP) is 0.750. The first kappa shape index (κ1) is 12.9. The van der Waals surface area contributed by atoms with Gasteiger partial charge in [-0.25, -0.2) is 9.98 Å². The van der Waals surface area contributed by atoms with Crippen LogP contribution in [-0.4, -0.2) is 27.8 Å². The number of ether oxygens (including phenoxy) is 1. The molecule has 0 aliphatic heterocycles. The van der Waals surface area contributed by atoms with Gasteiger partial charge in [0, 0.05) is 18.8 Å². The second kappa shape index (κ2) is 5.85. The summed E-state index contributed by atoms with van der Waals surface area (Å²) in [5, 5.41) is 7.09. The van der Waals surface area contributed by atoms with Crippen LogP contribution in [0.2, 0.25) is 0 Å². The maximum Gasteiger partial charge on any atom is 0.193 e. The van der Waals surface area contributed by atoms with Crippen molar-refractivity contribution in [3.05, 3.63) is 36.4 Å². The summed E-state index contributed by atoms with van der Waals surface area (Å²) in [6.45, 7) is 0.337. The monoisotopic (exact) mass is 260 g/mol. The Balaban J connectivity index is 1.97. The first-order valence-electron chi connectivity index (χ1n) is 5.73. The van der Waals surface area contributed by atoms with E-state index in [1.807, 2.05) is 24.3 Å². The van der Waals surface area contributed by atoms with Crippen LogP contribution in [0.15, 0.2) is 35.6 Å². The molecule has 100 valence electrons. The first-order valence-corrected chi connectivity index (χ1v) is 5.73. The lowest BCUT2D eigenvalue weighted by Gasteiger charge is -2.06. The highest BCUT2D eigenvalue weighted by molar-refractivity contribution is 5.92. The van der Waals surface area contributed by atoms with Gasteiger partial charge in [0.25, 0.3) is 0 Å². The Hall–Kier alpha value is -2.57. The molecule has 0 saturated carbocycles. The van der Waals surface area contributed by atoms with Gasteiger partial charge < -0.3 is 15.8 Å². The van der Waals surface area contributed by atoms with Gasteiger partial charge in [0.05, 0.1) is 7.11 Å². The van der Waals surface area contributed by atoms with E-state index in [4.69, 9.17) is 10.5 Å². The van der Waals surface area contributed by atoms with E-state index in [-0.39, 0.29) is 0 Å². The standard InChI is InChI=1S/C12H16N6O/c1-18-8-15-11(17-18)7-14-12(13)16-9-4-3-5-10(6-9)19-2/h3-6,8H,7H2,1-2H3,(H3,13,14,16). The number of guanidine groups is 1. The van der Waals surface area contributed by atoms with Crippen LogP contribution in [-0.2, 0) is 13.6 Å². The fourth-order valence-electron chi connectivity index (χ4n) is 1.50. The molecule has 3 N–H and O–H groups in total. The number of nitrogens with one attached hydrogen (secondary N) is 1. The maximum absolute atomic E-state index is 5.79. The van der Waals surface area contributed by atoms with Gasteiger partial charge in [-0.05, 0) is 12.1 Å². The van der Waals surface area contributed by atoms with Crippen molar-refractivity contribution in [3.8, 4) is 5.75 Å². The van der Waals surface area contributed by atoms with Crippen LogP contribution >= 0.6 is 0 Å². The number of anilines is 1. The van der Waals surface area contributed by atoms with Crippen molar-refractivity contribution >= 4 is 11.6 Å². The van der Waals surface area contributed by atoms with Crippen molar-refractivity contribution in [3.63, 3.8) is 0 Å². The van der Waals surface area contributed by atoms with Gasteiger partial charge in [0.15, 0.2) is 11.8 Å². The quantitative estimate of drug-likeness (QED) is 0.625. The molecule has 0 bridgehead atoms. The van der Waals surface area contributed by atoms with Crippen molar-refractivity contribution in [2.24, 2.45) is 17.8 Å². The summed E-state index contributed by atoms with van der Waals surface area (Å²) in [6.07, 6.45) is 1.62. The third-order valence-electron chi connectivity index (χ3n) is 2.38. The highest BCUT2D eigenvalue weighted by Crippen LogP contribution is 2.16. The van der Waals surface area contributed by atoms with Crippen LogP contribution in [0.1, 0.15) is 5.82 Å². The zero-order chi connectivity index (χ0) is 13.7. The third kappa shape index (κ3) is 3.70. The van der Waals surface area contributed by atoms with Crippen LogP contribution < -0.4 is 15.8 Å². The number of aliphatic imine (C=N–C) groups is 1. The molecule has 2 rings (SSSR count). The molecule has 0 radical (unpaired) electrons. The molecule has 7 heteroatoms. The number of aryl methyl sites for hydroxylation is 1. The van der Waals surface area contributed by atoms with Crippen LogP contribution in [0, 0.1) is 0 Å². The minimum atomic E-state index is 0.306. The molecular formula is C12H16N6O. The molecule has 0 saturated heterocycles. The second-order valence-electron chi connectivity index (χ2n) is 3.89. The Kier molecular flexibility index (Phi) is 3.97. The molecule has 0 aliphatic rings. The molecule has 0 fully saturated rings. The van der Waals surface area contributed by atoms with Crippen molar-refractivity contribution in [2.45, 2.75) is 6.54 Å². The van der Waals surface area contributed by atoms with E-state index < -0.39 is 0 Å². The maximum atomic E-state index is 5.79. The number of hydrogen-bond acceptors (Lipinski definition) is 4. The number of nitrogens with two attached hydrogens (primary N) is 1. The normalized spacial score (nSPS) is 11.4. The minimum Gasteiger partial charge on any atom is -0.497 e. The fraction of sp³-hybridized carbons (Fsp3) is 0.250. The molecule has 0 amide bonds. The van der Waals surface area contributed by atoms with Gasteiger partial charge in [0.2, 0.25) is 0 Å². The number of aromatic nitrogens is 3. The summed E-state index contributed by atoms with van der Waals surface area (Å²) in [5.74, 6) is 1.68. The second-order valence-corrected chi connectivity index (χ2v) is 3.89. The van der Waals surface area contributed by atoms with E-state index in [9.17, 15) is 0 Å². The summed E-state index contributed by atoms with van der Waals surface area (Å²) >= 11 is 0. The van der Waals surface area contributed by atoms with Gasteiger partial charge in [-0.3, -0.25) is 4.68 Å². The Morgan fingerprint density at radius 1 is 1.53 bits per heavy atom. The van der Waals surface area contributed by atoms with Crippen LogP contribution in [0.25, 0.3) is 0 Å². The van der Waals surface area contributed by atoms with E-state index >= 15 is 0 Å². The molecule has 1 aromatic carbocycles. The Bertz CT molecular complexity index is 577. The summed E-state index contributed by atoms with van der Waals surface area (Å²) in [7, 11) is 3.42. The zero-order valence-corrected chi connectivity index (χ0v) is 10.9. The molecule has 0 aliphatic carbocycles. The van der Waals surface area contributed by atoms with Gasteiger partial charge in [-0.2, -0.15) is 5.10 Å². The molecule has 0 spiro atoms.